The van der Waals surface area contributed by atoms with E-state index < -0.39 is 0 Å². The summed E-state index contributed by atoms with van der Waals surface area (Å²) in [6.45, 7) is 4.04. The predicted octanol–water partition coefficient (Wildman–Crippen LogP) is 6.87. The van der Waals surface area contributed by atoms with E-state index in [2.05, 4.69) is 17.0 Å². The first-order valence-corrected chi connectivity index (χ1v) is 11.7. The molecule has 1 aliphatic heterocycles. The van der Waals surface area contributed by atoms with Gasteiger partial charge in [-0.2, -0.15) is 0 Å². The van der Waals surface area contributed by atoms with E-state index in [4.69, 9.17) is 9.47 Å². The van der Waals surface area contributed by atoms with Crippen molar-refractivity contribution in [2.75, 3.05) is 26.2 Å². The molecule has 168 valence electrons. The maximum absolute atomic E-state index is 9.92. The molecule has 1 heterocycles. The number of likely N-dealkylation sites (tertiary alicyclic amines) is 1. The molecule has 0 aromatic heterocycles. The van der Waals surface area contributed by atoms with E-state index in [9.17, 15) is 5.11 Å². The van der Waals surface area contributed by atoms with Gasteiger partial charge in [-0.3, -0.25) is 4.90 Å². The van der Waals surface area contributed by atoms with Crippen LogP contribution >= 0.6 is 0 Å². The van der Waals surface area contributed by atoms with Gasteiger partial charge >= 0.3 is 0 Å². The van der Waals surface area contributed by atoms with Gasteiger partial charge in [0.15, 0.2) is 0 Å². The molecular weight excluding hydrogens is 410 g/mol. The molecule has 0 amide bonds. The molecule has 1 aliphatic rings. The first-order chi connectivity index (χ1) is 16.3. The minimum atomic E-state index is 0.243. The van der Waals surface area contributed by atoms with Gasteiger partial charge in [0.1, 0.15) is 29.6 Å². The van der Waals surface area contributed by atoms with Gasteiger partial charge < -0.3 is 14.6 Å². The zero-order valence-electron chi connectivity index (χ0n) is 18.7. The summed E-state index contributed by atoms with van der Waals surface area (Å²) in [5, 5.41) is 11.8. The van der Waals surface area contributed by atoms with Crippen LogP contribution in [0.2, 0.25) is 0 Å². The highest BCUT2D eigenvalue weighted by molar-refractivity contribution is 5.96. The molecule has 1 N–H and O–H groups in total. The number of ether oxygens (including phenoxy) is 2. The SMILES string of the molecule is Oc1ccc2c(Oc3ccc(OCCN4CCCCC4)cc3)c(-c3ccccc3)ccc2c1. The highest BCUT2D eigenvalue weighted by Crippen LogP contribution is 2.40. The van der Waals surface area contributed by atoms with Crippen LogP contribution in [0.15, 0.2) is 84.9 Å². The molecule has 1 fully saturated rings. The first kappa shape index (κ1) is 21.4. The molecule has 0 bridgehead atoms. The molecule has 0 radical (unpaired) electrons. The van der Waals surface area contributed by atoms with Gasteiger partial charge in [0.2, 0.25) is 0 Å². The van der Waals surface area contributed by atoms with Crippen molar-refractivity contribution >= 4 is 10.8 Å². The maximum atomic E-state index is 9.92. The van der Waals surface area contributed by atoms with Crippen molar-refractivity contribution in [3.8, 4) is 34.1 Å². The van der Waals surface area contributed by atoms with Crippen LogP contribution in [0.3, 0.4) is 0 Å². The fourth-order valence-electron chi connectivity index (χ4n) is 4.44. The average molecular weight is 440 g/mol. The van der Waals surface area contributed by atoms with E-state index in [1.807, 2.05) is 60.7 Å². The summed E-state index contributed by atoms with van der Waals surface area (Å²) in [6, 6.07) is 27.5. The van der Waals surface area contributed by atoms with Crippen LogP contribution in [-0.4, -0.2) is 36.2 Å². The smallest absolute Gasteiger partial charge is 0.143 e. The van der Waals surface area contributed by atoms with Crippen LogP contribution in [-0.2, 0) is 0 Å². The van der Waals surface area contributed by atoms with Gasteiger partial charge in [-0.25, -0.2) is 0 Å². The number of hydrogen-bond donors (Lipinski definition) is 1. The number of phenols is 1. The lowest BCUT2D eigenvalue weighted by atomic mass is 9.99. The van der Waals surface area contributed by atoms with Crippen molar-refractivity contribution in [2.45, 2.75) is 19.3 Å². The minimum Gasteiger partial charge on any atom is -0.508 e. The number of phenolic OH excluding ortho intramolecular Hbond substituents is 1. The maximum Gasteiger partial charge on any atom is 0.143 e. The third kappa shape index (κ3) is 5.12. The number of piperidine rings is 1. The Morgan fingerprint density at radius 1 is 0.758 bits per heavy atom. The van der Waals surface area contributed by atoms with E-state index in [-0.39, 0.29) is 5.75 Å². The van der Waals surface area contributed by atoms with Gasteiger partial charge in [-0.15, -0.1) is 0 Å². The normalized spacial score (nSPS) is 14.3. The van der Waals surface area contributed by atoms with Crippen LogP contribution < -0.4 is 9.47 Å². The third-order valence-corrected chi connectivity index (χ3v) is 6.21. The fourth-order valence-corrected chi connectivity index (χ4v) is 4.44. The monoisotopic (exact) mass is 439 g/mol. The summed E-state index contributed by atoms with van der Waals surface area (Å²) in [4.78, 5) is 2.48. The number of aromatic hydroxyl groups is 1. The Hall–Kier alpha value is -3.50. The number of fused-ring (bicyclic) bond motifs is 1. The lowest BCUT2D eigenvalue weighted by molar-refractivity contribution is 0.183. The van der Waals surface area contributed by atoms with Crippen LogP contribution in [0.4, 0.5) is 0 Å². The van der Waals surface area contributed by atoms with E-state index in [0.29, 0.717) is 6.61 Å². The van der Waals surface area contributed by atoms with Gasteiger partial charge in [-0.1, -0.05) is 42.8 Å². The average Bonchev–Trinajstić information content (AvgIpc) is 2.86. The minimum absolute atomic E-state index is 0.243. The summed E-state index contributed by atoms with van der Waals surface area (Å²) in [6.07, 6.45) is 3.94. The van der Waals surface area contributed by atoms with Gasteiger partial charge in [0, 0.05) is 17.5 Å². The number of benzene rings is 4. The van der Waals surface area contributed by atoms with Crippen LogP contribution in [0.1, 0.15) is 19.3 Å². The molecule has 4 aromatic rings. The standard InChI is InChI=1S/C29H29NO3/c31-24-10-16-28-23(21-24)9-15-27(22-7-3-1-4-8-22)29(28)33-26-13-11-25(12-14-26)32-20-19-30-17-5-2-6-18-30/h1,3-4,7-16,21,31H,2,5-6,17-20H2. The molecule has 4 aromatic carbocycles. The zero-order chi connectivity index (χ0) is 22.5. The Balaban J connectivity index is 1.35. The van der Waals surface area contributed by atoms with Crippen molar-refractivity contribution in [3.63, 3.8) is 0 Å². The van der Waals surface area contributed by atoms with E-state index in [1.165, 1.54) is 32.4 Å². The second-order valence-electron chi connectivity index (χ2n) is 8.54. The number of nitrogens with zero attached hydrogens (tertiary/aromatic N) is 1. The van der Waals surface area contributed by atoms with E-state index >= 15 is 0 Å². The molecule has 0 aliphatic carbocycles. The molecule has 0 unspecified atom stereocenters. The van der Waals surface area contributed by atoms with E-state index in [0.717, 1.165) is 45.7 Å². The molecule has 0 saturated carbocycles. The summed E-state index contributed by atoms with van der Waals surface area (Å²) >= 11 is 0. The lowest BCUT2D eigenvalue weighted by Crippen LogP contribution is -2.33. The second kappa shape index (κ2) is 9.97. The molecule has 4 nitrogen and oxygen atoms in total. The first-order valence-electron chi connectivity index (χ1n) is 11.7. The summed E-state index contributed by atoms with van der Waals surface area (Å²) in [5.41, 5.74) is 2.09. The Morgan fingerprint density at radius 3 is 2.30 bits per heavy atom. The summed E-state index contributed by atoms with van der Waals surface area (Å²) in [5.74, 6) is 2.62. The van der Waals surface area contributed by atoms with Crippen LogP contribution in [0.5, 0.6) is 23.0 Å². The van der Waals surface area contributed by atoms with Gasteiger partial charge in [0.25, 0.3) is 0 Å². The van der Waals surface area contributed by atoms with Gasteiger partial charge in [0.05, 0.1) is 0 Å². The van der Waals surface area contributed by atoms with Crippen LogP contribution in [0, 0.1) is 0 Å². The van der Waals surface area contributed by atoms with Crippen LogP contribution in [0.25, 0.3) is 21.9 Å². The Bertz CT molecular complexity index is 1200. The molecule has 33 heavy (non-hydrogen) atoms. The van der Waals surface area contributed by atoms with Crippen molar-refractivity contribution < 1.29 is 14.6 Å². The largest absolute Gasteiger partial charge is 0.508 e. The summed E-state index contributed by atoms with van der Waals surface area (Å²) < 4.78 is 12.4. The number of hydrogen-bond acceptors (Lipinski definition) is 4. The van der Waals surface area contributed by atoms with Crippen molar-refractivity contribution in [1.29, 1.82) is 0 Å². The lowest BCUT2D eigenvalue weighted by Gasteiger charge is -2.26. The summed E-state index contributed by atoms with van der Waals surface area (Å²) in [7, 11) is 0. The highest BCUT2D eigenvalue weighted by atomic mass is 16.5. The Kier molecular flexibility index (Phi) is 6.45. The van der Waals surface area contributed by atoms with Crippen molar-refractivity contribution in [1.82, 2.24) is 4.90 Å². The topological polar surface area (TPSA) is 41.9 Å². The van der Waals surface area contributed by atoms with Crippen molar-refractivity contribution in [3.05, 3.63) is 84.9 Å². The molecule has 4 heteroatoms. The number of rotatable bonds is 7. The Morgan fingerprint density at radius 2 is 1.52 bits per heavy atom. The third-order valence-electron chi connectivity index (χ3n) is 6.21. The molecule has 5 rings (SSSR count). The van der Waals surface area contributed by atoms with E-state index in [1.54, 1.807) is 12.1 Å². The molecular formula is C29H29NO3. The quantitative estimate of drug-likeness (QED) is 0.341. The Labute approximate surface area is 195 Å². The fraction of sp³-hybridized carbons (Fsp3) is 0.241. The second-order valence-corrected chi connectivity index (χ2v) is 8.54. The predicted molar refractivity (Wildman–Crippen MR) is 133 cm³/mol. The molecule has 0 atom stereocenters. The molecule has 1 saturated heterocycles. The van der Waals surface area contributed by atoms with Gasteiger partial charge in [-0.05, 0) is 85.4 Å². The molecule has 0 spiro atoms. The van der Waals surface area contributed by atoms with Crippen molar-refractivity contribution in [2.24, 2.45) is 0 Å². The zero-order valence-corrected chi connectivity index (χ0v) is 18.7. The highest BCUT2D eigenvalue weighted by Gasteiger charge is 2.13.